The first-order chi connectivity index (χ1) is 4.91. The summed E-state index contributed by atoms with van der Waals surface area (Å²) in [5.74, 6) is 0. The molecule has 0 saturated heterocycles. The van der Waals surface area contributed by atoms with Gasteiger partial charge in [0.1, 0.15) is 0 Å². The number of hydrogen-bond acceptors (Lipinski definition) is 1. The molecule has 0 aliphatic rings. The van der Waals surface area contributed by atoms with Crippen LogP contribution in [0.2, 0.25) is 0 Å². The minimum absolute atomic E-state index is 0. The van der Waals surface area contributed by atoms with Gasteiger partial charge in [-0.05, 0) is 0 Å². The molecule has 0 aromatic rings. The second-order valence-corrected chi connectivity index (χ2v) is 2.97. The number of rotatable bonds is 7. The molecule has 1 N–H and O–H groups in total. The van der Waals surface area contributed by atoms with Crippen molar-refractivity contribution < 1.29 is 56.9 Å². The predicted molar refractivity (Wildman–Crippen MR) is 49.9 cm³/mol. The maximum atomic E-state index is 3.82. The quantitative estimate of drug-likeness (QED) is 0.438. The van der Waals surface area contributed by atoms with E-state index in [0.29, 0.717) is 0 Å². The monoisotopic (exact) mass is 197 g/mol. The van der Waals surface area contributed by atoms with Crippen LogP contribution in [0, 0.1) is 6.92 Å². The van der Waals surface area contributed by atoms with Crippen LogP contribution in [-0.4, -0.2) is 5.48 Å². The van der Waals surface area contributed by atoms with Gasteiger partial charge in [-0.15, -0.1) is 0 Å². The Bertz CT molecular complexity index is 49.8. The Morgan fingerprint density at radius 3 is 1.67 bits per heavy atom. The number of hydrogen-bond donors (Lipinski definition) is 0. The maximum absolute atomic E-state index is 3.82. The van der Waals surface area contributed by atoms with Gasteiger partial charge in [-0.25, -0.2) is 0 Å². The van der Waals surface area contributed by atoms with Crippen LogP contribution in [0.5, 0.6) is 0 Å². The van der Waals surface area contributed by atoms with Crippen LogP contribution in [0.25, 0.3) is 0 Å². The first-order valence-electron chi connectivity index (χ1n) is 4.71. The summed E-state index contributed by atoms with van der Waals surface area (Å²) in [6.45, 7) is 6.08. The molecule has 12 heavy (non-hydrogen) atoms. The summed E-state index contributed by atoms with van der Waals surface area (Å²) in [6.07, 6.45) is 10.9. The SMILES string of the molecule is [CH2]CCCCCCCCC.[K+].[OH-]. The fraction of sp³-hybridized carbons (Fsp3) is 0.900. The van der Waals surface area contributed by atoms with Crippen molar-refractivity contribution in [3.8, 4) is 0 Å². The molecule has 0 aliphatic heterocycles. The Balaban J connectivity index is -0.000000405. The van der Waals surface area contributed by atoms with Gasteiger partial charge in [0.05, 0.1) is 0 Å². The van der Waals surface area contributed by atoms with Crippen molar-refractivity contribution in [2.45, 2.75) is 58.3 Å². The van der Waals surface area contributed by atoms with Gasteiger partial charge in [0, 0.05) is 0 Å². The van der Waals surface area contributed by atoms with E-state index in [2.05, 4.69) is 13.8 Å². The molecular weight excluding hydrogens is 175 g/mol. The number of unbranched alkanes of at least 4 members (excludes halogenated alkanes) is 7. The zero-order valence-corrected chi connectivity index (χ0v) is 11.9. The molecule has 0 aromatic carbocycles. The zero-order chi connectivity index (χ0) is 7.66. The van der Waals surface area contributed by atoms with E-state index in [1.807, 2.05) is 0 Å². The molecule has 0 fully saturated rings. The molecule has 0 spiro atoms. The van der Waals surface area contributed by atoms with Gasteiger partial charge in [-0.1, -0.05) is 65.2 Å². The summed E-state index contributed by atoms with van der Waals surface area (Å²) >= 11 is 0. The summed E-state index contributed by atoms with van der Waals surface area (Å²) in [6, 6.07) is 0. The normalized spacial score (nSPS) is 8.50. The summed E-state index contributed by atoms with van der Waals surface area (Å²) in [7, 11) is 0. The molecule has 69 valence electrons. The van der Waals surface area contributed by atoms with Gasteiger partial charge in [0.2, 0.25) is 0 Å². The third-order valence-corrected chi connectivity index (χ3v) is 1.85. The maximum Gasteiger partial charge on any atom is 1.00 e. The molecule has 2 heteroatoms. The van der Waals surface area contributed by atoms with E-state index in [9.17, 15) is 0 Å². The first kappa shape index (κ1) is 19.2. The Morgan fingerprint density at radius 2 is 1.25 bits per heavy atom. The van der Waals surface area contributed by atoms with Crippen LogP contribution >= 0.6 is 0 Å². The van der Waals surface area contributed by atoms with Crippen LogP contribution in [0.3, 0.4) is 0 Å². The van der Waals surface area contributed by atoms with E-state index >= 15 is 0 Å². The van der Waals surface area contributed by atoms with Crippen molar-refractivity contribution in [1.29, 1.82) is 0 Å². The third-order valence-electron chi connectivity index (χ3n) is 1.85. The average Bonchev–Trinajstić information content (AvgIpc) is 1.97. The smallest absolute Gasteiger partial charge is 0.870 e. The third kappa shape index (κ3) is 17.6. The molecule has 1 nitrogen and oxygen atoms in total. The van der Waals surface area contributed by atoms with E-state index in [0.717, 1.165) is 6.42 Å². The van der Waals surface area contributed by atoms with E-state index in [4.69, 9.17) is 0 Å². The Kier molecular flexibility index (Phi) is 29.5. The molecule has 0 heterocycles. The fourth-order valence-corrected chi connectivity index (χ4v) is 1.13. The summed E-state index contributed by atoms with van der Waals surface area (Å²) in [5.41, 5.74) is 0. The molecule has 1 radical (unpaired) electrons. The van der Waals surface area contributed by atoms with Crippen molar-refractivity contribution >= 4 is 0 Å². The topological polar surface area (TPSA) is 30.0 Å². The Morgan fingerprint density at radius 1 is 0.833 bits per heavy atom. The molecule has 0 atom stereocenters. The van der Waals surface area contributed by atoms with Crippen LogP contribution in [-0.2, 0) is 0 Å². The van der Waals surface area contributed by atoms with Crippen LogP contribution < -0.4 is 51.4 Å². The average molecular weight is 197 g/mol. The minimum Gasteiger partial charge on any atom is -0.870 e. The summed E-state index contributed by atoms with van der Waals surface area (Å²) < 4.78 is 0. The predicted octanol–water partition coefficient (Wildman–Crippen LogP) is 0.788. The van der Waals surface area contributed by atoms with E-state index in [1.54, 1.807) is 0 Å². The van der Waals surface area contributed by atoms with Crippen LogP contribution in [0.1, 0.15) is 58.3 Å². The van der Waals surface area contributed by atoms with E-state index in [-0.39, 0.29) is 56.9 Å². The molecule has 0 bridgehead atoms. The molecule has 0 rings (SSSR count). The Hall–Kier alpha value is 1.60. The zero-order valence-electron chi connectivity index (χ0n) is 8.81. The Labute approximate surface area is 120 Å². The van der Waals surface area contributed by atoms with Crippen molar-refractivity contribution in [1.82, 2.24) is 0 Å². The second-order valence-electron chi connectivity index (χ2n) is 2.97. The van der Waals surface area contributed by atoms with Gasteiger partial charge in [-0.2, -0.15) is 0 Å². The largest absolute Gasteiger partial charge is 1.00 e. The summed E-state index contributed by atoms with van der Waals surface area (Å²) in [4.78, 5) is 0. The second kappa shape index (κ2) is 18.4. The molecule has 0 saturated carbocycles. The molecule has 0 unspecified atom stereocenters. The van der Waals surface area contributed by atoms with Crippen molar-refractivity contribution in [3.05, 3.63) is 6.92 Å². The first-order valence-corrected chi connectivity index (χ1v) is 4.71. The molecule has 0 amide bonds. The van der Waals surface area contributed by atoms with Crippen LogP contribution in [0.15, 0.2) is 0 Å². The van der Waals surface area contributed by atoms with Gasteiger partial charge in [0.25, 0.3) is 0 Å². The van der Waals surface area contributed by atoms with Gasteiger partial charge in [-0.3, -0.25) is 0 Å². The summed E-state index contributed by atoms with van der Waals surface area (Å²) in [5, 5.41) is 0. The standard InChI is InChI=1S/C10H21.K.H2O/c1-3-5-7-9-10-8-6-4-2;;/h1,3-10H2,2H3;;1H2/q;+1;/p-1. The fourth-order valence-electron chi connectivity index (χ4n) is 1.13. The van der Waals surface area contributed by atoms with E-state index in [1.165, 1.54) is 44.9 Å². The minimum atomic E-state index is 0. The molecule has 0 aromatic heterocycles. The van der Waals surface area contributed by atoms with Gasteiger partial charge in [0.15, 0.2) is 0 Å². The van der Waals surface area contributed by atoms with Gasteiger partial charge >= 0.3 is 51.4 Å². The van der Waals surface area contributed by atoms with Crippen molar-refractivity contribution in [2.24, 2.45) is 0 Å². The van der Waals surface area contributed by atoms with Crippen molar-refractivity contribution in [3.63, 3.8) is 0 Å². The molecular formula is C10H22KO. The van der Waals surface area contributed by atoms with Crippen molar-refractivity contribution in [2.75, 3.05) is 0 Å². The molecule has 0 aliphatic carbocycles. The van der Waals surface area contributed by atoms with Gasteiger partial charge < -0.3 is 5.48 Å². The van der Waals surface area contributed by atoms with Crippen LogP contribution in [0.4, 0.5) is 0 Å². The van der Waals surface area contributed by atoms with E-state index < -0.39 is 0 Å².